The van der Waals surface area contributed by atoms with Crippen LogP contribution in [0.2, 0.25) is 0 Å². The van der Waals surface area contributed by atoms with Gasteiger partial charge in [0.05, 0.1) is 6.04 Å². The van der Waals surface area contributed by atoms with E-state index in [1.165, 1.54) is 0 Å². The number of nitrogens with zero attached hydrogens (tertiary/aromatic N) is 1. The molecule has 0 bridgehead atoms. The maximum Gasteiger partial charge on any atom is 0.237 e. The van der Waals surface area contributed by atoms with E-state index in [2.05, 4.69) is 15.5 Å². The van der Waals surface area contributed by atoms with Gasteiger partial charge in [-0.15, -0.1) is 0 Å². The summed E-state index contributed by atoms with van der Waals surface area (Å²) in [7, 11) is 3.67. The summed E-state index contributed by atoms with van der Waals surface area (Å²) >= 11 is 0. The molecule has 82 valence electrons. The molecule has 1 fully saturated rings. The van der Waals surface area contributed by atoms with Gasteiger partial charge in [0.1, 0.15) is 0 Å². The Bertz CT molecular complexity index is 184. The van der Waals surface area contributed by atoms with Gasteiger partial charge in [0.2, 0.25) is 5.91 Å². The molecule has 1 atom stereocenters. The third-order valence-electron chi connectivity index (χ3n) is 2.78. The Balaban J connectivity index is 2.31. The molecule has 1 heterocycles. The summed E-state index contributed by atoms with van der Waals surface area (Å²) in [6, 6.07) is 0.122. The second-order valence-electron chi connectivity index (χ2n) is 3.77. The highest BCUT2D eigenvalue weighted by molar-refractivity contribution is 5.81. The lowest BCUT2D eigenvalue weighted by molar-refractivity contribution is -0.124. The second-order valence-corrected chi connectivity index (χ2v) is 3.77. The molecule has 0 saturated carbocycles. The smallest absolute Gasteiger partial charge is 0.237 e. The van der Waals surface area contributed by atoms with Crippen LogP contribution in [0.3, 0.4) is 0 Å². The first kappa shape index (κ1) is 11.5. The molecule has 1 aliphatic rings. The van der Waals surface area contributed by atoms with Gasteiger partial charge in [-0.2, -0.15) is 0 Å². The molecular weight excluding hydrogens is 178 g/mol. The van der Waals surface area contributed by atoms with E-state index in [1.54, 1.807) is 7.05 Å². The van der Waals surface area contributed by atoms with Gasteiger partial charge in [0, 0.05) is 13.6 Å². The topological polar surface area (TPSA) is 44.4 Å². The molecule has 4 nitrogen and oxygen atoms in total. The van der Waals surface area contributed by atoms with Gasteiger partial charge >= 0.3 is 0 Å². The van der Waals surface area contributed by atoms with Gasteiger partial charge in [-0.1, -0.05) is 0 Å². The lowest BCUT2D eigenvalue weighted by Gasteiger charge is -2.22. The van der Waals surface area contributed by atoms with E-state index in [9.17, 15) is 4.79 Å². The van der Waals surface area contributed by atoms with Crippen molar-refractivity contribution >= 4 is 5.91 Å². The summed E-state index contributed by atoms with van der Waals surface area (Å²) in [5, 5.41) is 5.85. The molecule has 1 rings (SSSR count). The van der Waals surface area contributed by atoms with Crippen molar-refractivity contribution in [2.75, 3.05) is 33.7 Å². The number of rotatable bonds is 5. The number of likely N-dealkylation sites (tertiary alicyclic amines) is 1. The van der Waals surface area contributed by atoms with Crippen molar-refractivity contribution in [1.29, 1.82) is 0 Å². The first-order valence-electron chi connectivity index (χ1n) is 5.40. The van der Waals surface area contributed by atoms with E-state index in [1.807, 2.05) is 7.05 Å². The largest absolute Gasteiger partial charge is 0.358 e. The fraction of sp³-hybridized carbons (Fsp3) is 0.900. The van der Waals surface area contributed by atoms with E-state index < -0.39 is 0 Å². The predicted molar refractivity (Wildman–Crippen MR) is 57.2 cm³/mol. The minimum absolute atomic E-state index is 0.122. The van der Waals surface area contributed by atoms with Gasteiger partial charge in [0.25, 0.3) is 0 Å². The molecule has 0 aromatic rings. The van der Waals surface area contributed by atoms with Crippen LogP contribution in [-0.4, -0.2) is 50.6 Å². The number of carbonyl (C=O) groups excluding carboxylic acids is 1. The summed E-state index contributed by atoms with van der Waals surface area (Å²) < 4.78 is 0. The van der Waals surface area contributed by atoms with Crippen LogP contribution < -0.4 is 10.6 Å². The number of amides is 1. The van der Waals surface area contributed by atoms with Crippen LogP contribution in [0.25, 0.3) is 0 Å². The van der Waals surface area contributed by atoms with Crippen molar-refractivity contribution in [3.05, 3.63) is 0 Å². The van der Waals surface area contributed by atoms with E-state index in [0.29, 0.717) is 0 Å². The monoisotopic (exact) mass is 199 g/mol. The molecule has 14 heavy (non-hydrogen) atoms. The number of hydrogen-bond acceptors (Lipinski definition) is 3. The summed E-state index contributed by atoms with van der Waals surface area (Å²) in [6.07, 6.45) is 3.28. The standard InChI is InChI=1S/C10H21N3O/c1-11-6-4-8-13-7-3-5-9(13)10(14)12-2/h9,11H,3-8H2,1-2H3,(H,12,14). The zero-order chi connectivity index (χ0) is 10.4. The van der Waals surface area contributed by atoms with Crippen LogP contribution in [0.4, 0.5) is 0 Å². The molecule has 0 aliphatic carbocycles. The molecule has 0 aromatic heterocycles. The third kappa shape index (κ3) is 2.96. The summed E-state index contributed by atoms with van der Waals surface area (Å²) in [5.74, 6) is 0.173. The zero-order valence-corrected chi connectivity index (χ0v) is 9.18. The first-order valence-corrected chi connectivity index (χ1v) is 5.40. The molecule has 1 unspecified atom stereocenters. The van der Waals surface area contributed by atoms with Crippen LogP contribution >= 0.6 is 0 Å². The van der Waals surface area contributed by atoms with Crippen LogP contribution in [0.5, 0.6) is 0 Å². The van der Waals surface area contributed by atoms with Gasteiger partial charge in [0.15, 0.2) is 0 Å². The molecule has 0 aromatic carbocycles. The normalized spacial score (nSPS) is 22.6. The quantitative estimate of drug-likeness (QED) is 0.603. The molecule has 2 N–H and O–H groups in total. The maximum atomic E-state index is 11.5. The third-order valence-corrected chi connectivity index (χ3v) is 2.78. The van der Waals surface area contributed by atoms with E-state index in [4.69, 9.17) is 0 Å². The Morgan fingerprint density at radius 1 is 1.50 bits per heavy atom. The Labute approximate surface area is 86.0 Å². The molecular formula is C10H21N3O. The Hall–Kier alpha value is -0.610. The summed E-state index contributed by atoms with van der Waals surface area (Å²) in [6.45, 7) is 3.12. The van der Waals surface area contributed by atoms with Gasteiger partial charge in [-0.25, -0.2) is 0 Å². The highest BCUT2D eigenvalue weighted by atomic mass is 16.2. The van der Waals surface area contributed by atoms with E-state index in [-0.39, 0.29) is 11.9 Å². The molecule has 4 heteroatoms. The SMILES string of the molecule is CNCCCN1CCCC1C(=O)NC. The molecule has 1 amide bonds. The minimum atomic E-state index is 0.122. The predicted octanol–water partition coefficient (Wildman–Crippen LogP) is -0.194. The zero-order valence-electron chi connectivity index (χ0n) is 9.18. The molecule has 1 saturated heterocycles. The highest BCUT2D eigenvalue weighted by Crippen LogP contribution is 2.17. The number of hydrogen-bond donors (Lipinski definition) is 2. The average molecular weight is 199 g/mol. The van der Waals surface area contributed by atoms with Crippen molar-refractivity contribution in [2.24, 2.45) is 0 Å². The second kappa shape index (κ2) is 5.98. The number of carbonyl (C=O) groups is 1. The van der Waals surface area contributed by atoms with Crippen molar-refractivity contribution in [3.63, 3.8) is 0 Å². The van der Waals surface area contributed by atoms with Crippen LogP contribution in [0.1, 0.15) is 19.3 Å². The Morgan fingerprint density at radius 3 is 2.93 bits per heavy atom. The van der Waals surface area contributed by atoms with Crippen LogP contribution in [0.15, 0.2) is 0 Å². The minimum Gasteiger partial charge on any atom is -0.358 e. The Kier molecular flexibility index (Phi) is 4.90. The van der Waals surface area contributed by atoms with Gasteiger partial charge < -0.3 is 10.6 Å². The van der Waals surface area contributed by atoms with E-state index >= 15 is 0 Å². The van der Waals surface area contributed by atoms with Gasteiger partial charge in [-0.05, 0) is 39.4 Å². The molecule has 0 spiro atoms. The fourth-order valence-electron chi connectivity index (χ4n) is 2.02. The van der Waals surface area contributed by atoms with Crippen LogP contribution in [-0.2, 0) is 4.79 Å². The number of likely N-dealkylation sites (N-methyl/N-ethyl adjacent to an activating group) is 1. The van der Waals surface area contributed by atoms with Crippen molar-refractivity contribution in [3.8, 4) is 0 Å². The highest BCUT2D eigenvalue weighted by Gasteiger charge is 2.28. The maximum absolute atomic E-state index is 11.5. The average Bonchev–Trinajstić information content (AvgIpc) is 2.65. The lowest BCUT2D eigenvalue weighted by Crippen LogP contribution is -2.42. The summed E-state index contributed by atoms with van der Waals surface area (Å²) in [5.41, 5.74) is 0. The fourth-order valence-corrected chi connectivity index (χ4v) is 2.02. The van der Waals surface area contributed by atoms with Gasteiger partial charge in [-0.3, -0.25) is 9.69 Å². The van der Waals surface area contributed by atoms with Crippen LogP contribution in [0, 0.1) is 0 Å². The lowest BCUT2D eigenvalue weighted by atomic mass is 10.2. The summed E-state index contributed by atoms with van der Waals surface area (Å²) in [4.78, 5) is 13.8. The first-order chi connectivity index (χ1) is 6.79. The van der Waals surface area contributed by atoms with Crippen molar-refractivity contribution in [1.82, 2.24) is 15.5 Å². The van der Waals surface area contributed by atoms with E-state index in [0.717, 1.165) is 38.9 Å². The van der Waals surface area contributed by atoms with Crippen molar-refractivity contribution in [2.45, 2.75) is 25.3 Å². The Morgan fingerprint density at radius 2 is 2.29 bits per heavy atom. The number of nitrogens with one attached hydrogen (secondary N) is 2. The van der Waals surface area contributed by atoms with Crippen molar-refractivity contribution < 1.29 is 4.79 Å². The molecule has 1 aliphatic heterocycles. The molecule has 0 radical (unpaired) electrons.